The molecule has 0 unspecified atom stereocenters. The third-order valence-electron chi connectivity index (χ3n) is 8.51. The molecule has 236 valence electrons. The van der Waals surface area contributed by atoms with Crippen LogP contribution in [-0.2, 0) is 0 Å². The fourth-order valence-corrected chi connectivity index (χ4v) is 6.32. The molecule has 0 fully saturated rings. The molecule has 1 heterocycles. The smallest absolute Gasteiger partial charge is 0.136 e. The van der Waals surface area contributed by atoms with E-state index >= 15 is 0 Å². The molecule has 0 atom stereocenters. The van der Waals surface area contributed by atoms with E-state index in [2.05, 4.69) is 0 Å². The molecular formula is C50H30O. The highest BCUT2D eigenvalue weighted by Gasteiger charge is 2.18. The van der Waals surface area contributed by atoms with Crippen LogP contribution in [0.25, 0.3) is 109 Å². The van der Waals surface area contributed by atoms with Gasteiger partial charge in [-0.3, -0.25) is 0 Å². The van der Waals surface area contributed by atoms with Crippen LogP contribution in [0.5, 0.6) is 0 Å². The van der Waals surface area contributed by atoms with E-state index in [1.165, 1.54) is 0 Å². The second-order valence-electron chi connectivity index (χ2n) is 11.3. The van der Waals surface area contributed by atoms with Gasteiger partial charge in [0.05, 0.1) is 41.1 Å². The summed E-state index contributed by atoms with van der Waals surface area (Å²) in [5.74, 6) is 0. The molecule has 11 aromatic rings. The van der Waals surface area contributed by atoms with Gasteiger partial charge >= 0.3 is 0 Å². The molecule has 0 bridgehead atoms. The Labute approximate surface area is 336 Å². The van der Waals surface area contributed by atoms with Gasteiger partial charge in [0.1, 0.15) is 11.2 Å². The molecular weight excluding hydrogens is 617 g/mol. The van der Waals surface area contributed by atoms with Crippen LogP contribution in [0.1, 0.15) is 41.1 Å². The van der Waals surface area contributed by atoms with Gasteiger partial charge in [0, 0.05) is 10.8 Å². The summed E-state index contributed by atoms with van der Waals surface area (Å²) in [6.45, 7) is 0. The second-order valence-corrected chi connectivity index (χ2v) is 11.3. The monoisotopic (exact) mass is 676 g/mol. The zero-order valence-corrected chi connectivity index (χ0v) is 25.4. The minimum atomic E-state index is -1.09. The number of hydrogen-bond acceptors (Lipinski definition) is 1. The Bertz CT molecular complexity index is 4850. The maximum absolute atomic E-state index is 10.1. The highest BCUT2D eigenvalue weighted by Crippen LogP contribution is 2.45. The van der Waals surface area contributed by atoms with Gasteiger partial charge in [-0.15, -0.1) is 0 Å². The van der Waals surface area contributed by atoms with Crippen molar-refractivity contribution in [2.45, 2.75) is 0 Å². The standard InChI is InChI=1S/C50H30O/c1-2-12-34-28-36(22-20-31(34)10-1)48-40-15-5-7-17-42(40)49(43-18-8-6-16-41(43)48)37-23-21-33-13-9-19-38(45(33)29-37)35-24-26-44-47(30-35)51-46-27-25-32-11-3-4-14-39(32)50(44)46/h1-30H/i1D,2D,3D,4D,5D,6D,7D,8D,9D,10D,11D,12D,13D,14D,15D,16D,17D,18D,19D,20D,21D,22D,23D,24D,25D,26D,27D,28D,29D,30D. The quantitative estimate of drug-likeness (QED) is 0.170. The molecule has 0 amide bonds. The van der Waals surface area contributed by atoms with E-state index in [-0.39, 0.29) is 5.39 Å². The molecule has 1 nitrogen and oxygen atoms in total. The van der Waals surface area contributed by atoms with Crippen LogP contribution in [0.2, 0.25) is 0 Å². The summed E-state index contributed by atoms with van der Waals surface area (Å²) in [5.41, 5.74) is -6.12. The zero-order chi connectivity index (χ0) is 59.6. The second kappa shape index (κ2) is 10.9. The summed E-state index contributed by atoms with van der Waals surface area (Å²) in [6.07, 6.45) is 0. The van der Waals surface area contributed by atoms with E-state index in [4.69, 9.17) is 27.7 Å². The van der Waals surface area contributed by atoms with Crippen LogP contribution < -0.4 is 0 Å². The number of fused-ring (bicyclic) bond motifs is 9. The molecule has 0 aliphatic heterocycles. The van der Waals surface area contributed by atoms with Gasteiger partial charge in [-0.2, -0.15) is 0 Å². The summed E-state index contributed by atoms with van der Waals surface area (Å²) >= 11 is 0. The third-order valence-corrected chi connectivity index (χ3v) is 8.51. The predicted molar refractivity (Wildman–Crippen MR) is 218 cm³/mol. The van der Waals surface area contributed by atoms with E-state index in [0.29, 0.717) is 0 Å². The van der Waals surface area contributed by atoms with Crippen LogP contribution in [0.15, 0.2) is 186 Å². The number of hydrogen-bond donors (Lipinski definition) is 0. The van der Waals surface area contributed by atoms with Gasteiger partial charge in [0.2, 0.25) is 0 Å². The van der Waals surface area contributed by atoms with Crippen LogP contribution in [0, 0.1) is 0 Å². The Hall–Kier alpha value is -6.70. The predicted octanol–water partition coefficient (Wildman–Crippen LogP) is 14.4. The van der Waals surface area contributed by atoms with Crippen molar-refractivity contribution in [1.29, 1.82) is 0 Å². The van der Waals surface area contributed by atoms with Gasteiger partial charge in [-0.1, -0.05) is 151 Å². The van der Waals surface area contributed by atoms with Crippen molar-refractivity contribution in [3.8, 4) is 33.4 Å². The first-order chi connectivity index (χ1) is 37.8. The maximum Gasteiger partial charge on any atom is 0.136 e. The maximum atomic E-state index is 10.1. The first-order valence-electron chi connectivity index (χ1n) is 30.2. The van der Waals surface area contributed by atoms with Gasteiger partial charge in [-0.25, -0.2) is 0 Å². The Balaban J connectivity index is 1.39. The minimum absolute atomic E-state index is 0.362. The Kier molecular flexibility index (Phi) is 2.50. The Morgan fingerprint density at radius 2 is 0.843 bits per heavy atom. The van der Waals surface area contributed by atoms with Crippen molar-refractivity contribution >= 4 is 75.8 Å². The lowest BCUT2D eigenvalue weighted by Crippen LogP contribution is -1.91. The summed E-state index contributed by atoms with van der Waals surface area (Å²) in [7, 11) is 0. The molecule has 1 aromatic heterocycles. The molecule has 0 aliphatic rings. The number of rotatable bonds is 3. The summed E-state index contributed by atoms with van der Waals surface area (Å²) in [6, 6.07) is -28.0. The van der Waals surface area contributed by atoms with Crippen LogP contribution in [0.4, 0.5) is 0 Å². The van der Waals surface area contributed by atoms with E-state index < -0.39 is 285 Å². The molecule has 10 aromatic carbocycles. The number of benzene rings is 10. The molecule has 11 rings (SSSR count). The average Bonchev–Trinajstić information content (AvgIpc) is 2.54. The minimum Gasteiger partial charge on any atom is -0.456 e. The highest BCUT2D eigenvalue weighted by atomic mass is 16.3. The van der Waals surface area contributed by atoms with Crippen molar-refractivity contribution < 1.29 is 45.5 Å². The first-order valence-corrected chi connectivity index (χ1v) is 15.2. The van der Waals surface area contributed by atoms with Gasteiger partial charge in [-0.05, 0) is 117 Å². The normalized spacial score (nSPS) is 20.2. The van der Waals surface area contributed by atoms with Crippen molar-refractivity contribution in [2.24, 2.45) is 0 Å². The highest BCUT2D eigenvalue weighted by molar-refractivity contribution is 6.23. The molecule has 0 radical (unpaired) electrons. The van der Waals surface area contributed by atoms with E-state index in [0.717, 1.165) is 0 Å². The fourth-order valence-electron chi connectivity index (χ4n) is 6.32. The topological polar surface area (TPSA) is 13.1 Å². The molecule has 0 N–H and O–H groups in total. The van der Waals surface area contributed by atoms with E-state index in [1.54, 1.807) is 0 Å². The molecule has 51 heavy (non-hydrogen) atoms. The Morgan fingerprint density at radius 3 is 1.57 bits per heavy atom. The molecule has 0 aliphatic carbocycles. The van der Waals surface area contributed by atoms with Gasteiger partial charge in [0.25, 0.3) is 0 Å². The summed E-state index contributed by atoms with van der Waals surface area (Å²) in [4.78, 5) is 0. The Morgan fingerprint density at radius 1 is 0.314 bits per heavy atom. The number of furan rings is 1. The summed E-state index contributed by atoms with van der Waals surface area (Å²) < 4.78 is 279. The van der Waals surface area contributed by atoms with E-state index in [1.807, 2.05) is 0 Å². The first kappa shape index (κ1) is 11.7. The fraction of sp³-hybridized carbons (Fsp3) is 0. The van der Waals surface area contributed by atoms with Crippen molar-refractivity contribution in [3.05, 3.63) is 181 Å². The lowest BCUT2D eigenvalue weighted by molar-refractivity contribution is 0.669. The average molecular weight is 677 g/mol. The lowest BCUT2D eigenvalue weighted by atomic mass is 9.85. The molecule has 0 spiro atoms. The van der Waals surface area contributed by atoms with Crippen LogP contribution in [-0.4, -0.2) is 0 Å². The third kappa shape index (κ3) is 4.28. The largest absolute Gasteiger partial charge is 0.456 e. The van der Waals surface area contributed by atoms with Crippen molar-refractivity contribution in [1.82, 2.24) is 0 Å². The molecule has 0 saturated carbocycles. The molecule has 1 heteroatoms. The van der Waals surface area contributed by atoms with Gasteiger partial charge in [0.15, 0.2) is 0 Å². The lowest BCUT2D eigenvalue weighted by Gasteiger charge is -2.18. The van der Waals surface area contributed by atoms with Crippen LogP contribution >= 0.6 is 0 Å². The van der Waals surface area contributed by atoms with Crippen molar-refractivity contribution in [2.75, 3.05) is 0 Å². The van der Waals surface area contributed by atoms with Gasteiger partial charge < -0.3 is 4.42 Å². The van der Waals surface area contributed by atoms with Crippen molar-refractivity contribution in [3.63, 3.8) is 0 Å². The van der Waals surface area contributed by atoms with E-state index in [9.17, 15) is 17.8 Å². The SMILES string of the molecule is [2H]c1c([2H])c([2H])c2c([2H])c(-c3c4c([2H])c([2H])c([2H])c([2H])c4c(-c4c([2H])c([2H])c5c([2H])c([2H])c([2H])c(-c6c([2H])c([2H])c7c(oc8c([2H])c([2H])c9c([2H])c([2H])c([2H])c([2H])c9c87)c6[2H])c5c4[2H])c4c([2H])c([2H])c([2H])c([2H])c34)c([2H])c([2H])c2c1[2H]. The van der Waals surface area contributed by atoms with Crippen LogP contribution in [0.3, 0.4) is 0 Å². The summed E-state index contributed by atoms with van der Waals surface area (Å²) in [5, 5.41) is -7.63. The zero-order valence-electron chi connectivity index (χ0n) is 55.4. The molecule has 0 saturated heterocycles.